The second kappa shape index (κ2) is 8.52. The van der Waals surface area contributed by atoms with Gasteiger partial charge in [0, 0.05) is 34.4 Å². The number of H-pyrrole nitrogens is 1. The van der Waals surface area contributed by atoms with Crippen LogP contribution in [0.5, 0.6) is 5.75 Å². The van der Waals surface area contributed by atoms with Crippen LogP contribution in [-0.4, -0.2) is 46.8 Å². The van der Waals surface area contributed by atoms with Crippen molar-refractivity contribution in [3.05, 3.63) is 99.7 Å². The molecule has 2 atom stereocenters. The average Bonchev–Trinajstić information content (AvgIpc) is 3.29. The molecule has 6 nitrogen and oxygen atoms in total. The Kier molecular flexibility index (Phi) is 5.41. The summed E-state index contributed by atoms with van der Waals surface area (Å²) in [5.74, 6) is 0.557. The van der Waals surface area contributed by atoms with E-state index in [1.165, 1.54) is 0 Å². The van der Waals surface area contributed by atoms with Gasteiger partial charge >= 0.3 is 0 Å². The number of nitrogens with one attached hydrogen (secondary N) is 1. The number of piperazine rings is 1. The van der Waals surface area contributed by atoms with E-state index < -0.39 is 5.54 Å². The largest absolute Gasteiger partial charge is 0.497 e. The number of nitrogens with zero attached hydrogens (tertiary/aromatic N) is 2. The minimum absolute atomic E-state index is 0.0426. The molecule has 6 rings (SSSR count). The van der Waals surface area contributed by atoms with Crippen molar-refractivity contribution in [1.29, 1.82) is 0 Å². The summed E-state index contributed by atoms with van der Waals surface area (Å²) in [6.45, 7) is 2.73. The Labute approximate surface area is 218 Å². The first-order valence-electron chi connectivity index (χ1n) is 12.0. The Balaban J connectivity index is 1.48. The Morgan fingerprint density at radius 2 is 1.83 bits per heavy atom. The number of rotatable bonds is 4. The SMILES string of the molecule is COc1cccc(CN2CC(=O)N3CC(c4ccc(Br)cc4)c4c([nH]c5ccccc45)C3(C)C2=O)c1. The molecule has 0 bridgehead atoms. The average molecular weight is 544 g/mol. The van der Waals surface area contributed by atoms with Gasteiger partial charge in [0.15, 0.2) is 5.54 Å². The van der Waals surface area contributed by atoms with Crippen LogP contribution in [0.1, 0.15) is 35.2 Å². The summed E-state index contributed by atoms with van der Waals surface area (Å²) in [5, 5.41) is 1.09. The third-order valence-electron chi connectivity index (χ3n) is 7.60. The van der Waals surface area contributed by atoms with Crippen LogP contribution in [0.4, 0.5) is 0 Å². The number of hydrogen-bond donors (Lipinski definition) is 1. The standard InChI is InChI=1S/C29H26BrN3O3/c1-29-27-26(22-8-3-4-9-24(22)31-27)23(19-10-12-20(30)13-11-19)16-33(29)25(34)17-32(28(29)35)15-18-6-5-7-21(14-18)36-2/h3-14,23,31H,15-17H2,1-2H3. The van der Waals surface area contributed by atoms with Crippen molar-refractivity contribution in [1.82, 2.24) is 14.8 Å². The smallest absolute Gasteiger partial charge is 0.255 e. The number of aromatic nitrogens is 1. The summed E-state index contributed by atoms with van der Waals surface area (Å²) in [7, 11) is 1.62. The Morgan fingerprint density at radius 3 is 2.61 bits per heavy atom. The third-order valence-corrected chi connectivity index (χ3v) is 8.13. The first kappa shape index (κ1) is 22.9. The van der Waals surface area contributed by atoms with Crippen LogP contribution in [-0.2, 0) is 21.7 Å². The third kappa shape index (κ3) is 3.45. The number of ether oxygens (including phenoxy) is 1. The van der Waals surface area contributed by atoms with Crippen LogP contribution < -0.4 is 4.74 Å². The van der Waals surface area contributed by atoms with Gasteiger partial charge in [-0.25, -0.2) is 0 Å². The van der Waals surface area contributed by atoms with Crippen molar-refractivity contribution in [3.63, 3.8) is 0 Å². The Hall–Kier alpha value is -3.58. The van der Waals surface area contributed by atoms with Crippen LogP contribution in [0.15, 0.2) is 77.3 Å². The van der Waals surface area contributed by atoms with Crippen molar-refractivity contribution in [2.75, 3.05) is 20.2 Å². The zero-order valence-corrected chi connectivity index (χ0v) is 21.7. The normalized spacial score (nSPS) is 21.5. The molecule has 4 aromatic rings. The molecule has 2 aliphatic rings. The van der Waals surface area contributed by atoms with Crippen LogP contribution in [0.3, 0.4) is 0 Å². The molecule has 182 valence electrons. The predicted molar refractivity (Wildman–Crippen MR) is 142 cm³/mol. The van der Waals surface area contributed by atoms with E-state index >= 15 is 0 Å². The molecular formula is C29H26BrN3O3. The molecular weight excluding hydrogens is 518 g/mol. The van der Waals surface area contributed by atoms with Gasteiger partial charge in [-0.05, 0) is 53.9 Å². The van der Waals surface area contributed by atoms with Crippen LogP contribution in [0.2, 0.25) is 0 Å². The van der Waals surface area contributed by atoms with Gasteiger partial charge in [0.2, 0.25) is 5.91 Å². The van der Waals surface area contributed by atoms with Crippen LogP contribution >= 0.6 is 15.9 Å². The topological polar surface area (TPSA) is 65.6 Å². The van der Waals surface area contributed by atoms with Crippen molar-refractivity contribution in [2.24, 2.45) is 0 Å². The molecule has 2 unspecified atom stereocenters. The Bertz CT molecular complexity index is 1500. The van der Waals surface area contributed by atoms with Gasteiger partial charge in [0.05, 0.1) is 12.8 Å². The molecule has 2 aliphatic heterocycles. The lowest BCUT2D eigenvalue weighted by atomic mass is 9.76. The van der Waals surface area contributed by atoms with E-state index in [0.29, 0.717) is 13.1 Å². The maximum atomic E-state index is 14.2. The van der Waals surface area contributed by atoms with E-state index in [2.05, 4.69) is 39.1 Å². The first-order chi connectivity index (χ1) is 17.4. The molecule has 7 heteroatoms. The number of aromatic amines is 1. The van der Waals surface area contributed by atoms with Crippen molar-refractivity contribution < 1.29 is 14.3 Å². The predicted octanol–water partition coefficient (Wildman–Crippen LogP) is 5.17. The molecule has 3 aromatic carbocycles. The monoisotopic (exact) mass is 543 g/mol. The van der Waals surface area contributed by atoms with E-state index in [1.807, 2.05) is 61.5 Å². The molecule has 0 saturated carbocycles. The number of hydrogen-bond acceptors (Lipinski definition) is 3. The van der Waals surface area contributed by atoms with Crippen molar-refractivity contribution in [3.8, 4) is 5.75 Å². The quantitative estimate of drug-likeness (QED) is 0.386. The summed E-state index contributed by atoms with van der Waals surface area (Å²) in [6, 6.07) is 24.0. The number of methoxy groups -OCH3 is 1. The van der Waals surface area contributed by atoms with Gasteiger partial charge in [0.25, 0.3) is 5.91 Å². The molecule has 2 amide bonds. The van der Waals surface area contributed by atoms with Crippen molar-refractivity contribution in [2.45, 2.75) is 24.9 Å². The summed E-state index contributed by atoms with van der Waals surface area (Å²) in [5.41, 5.74) is 3.79. The Morgan fingerprint density at radius 1 is 1.06 bits per heavy atom. The zero-order chi connectivity index (χ0) is 25.0. The molecule has 0 radical (unpaired) electrons. The number of halogens is 1. The zero-order valence-electron chi connectivity index (χ0n) is 20.1. The molecule has 0 spiro atoms. The number of fused-ring (bicyclic) bond motifs is 5. The summed E-state index contributed by atoms with van der Waals surface area (Å²) >= 11 is 3.53. The summed E-state index contributed by atoms with van der Waals surface area (Å²) in [6.07, 6.45) is 0. The lowest BCUT2D eigenvalue weighted by molar-refractivity contribution is -0.166. The fourth-order valence-electron chi connectivity index (χ4n) is 5.79. The molecule has 1 saturated heterocycles. The fraction of sp³-hybridized carbons (Fsp3) is 0.241. The van der Waals surface area contributed by atoms with E-state index in [0.717, 1.165) is 43.5 Å². The highest BCUT2D eigenvalue weighted by molar-refractivity contribution is 9.10. The van der Waals surface area contributed by atoms with Crippen molar-refractivity contribution >= 4 is 38.6 Å². The molecule has 3 heterocycles. The lowest BCUT2D eigenvalue weighted by Crippen LogP contribution is -2.67. The number of carbonyl (C=O) groups excluding carboxylic acids is 2. The number of benzene rings is 3. The summed E-state index contributed by atoms with van der Waals surface area (Å²) in [4.78, 5) is 34.8. The van der Waals surface area contributed by atoms with E-state index in [-0.39, 0.29) is 24.3 Å². The van der Waals surface area contributed by atoms with Gasteiger partial charge < -0.3 is 19.5 Å². The van der Waals surface area contributed by atoms with Crippen LogP contribution in [0, 0.1) is 0 Å². The number of amides is 2. The minimum Gasteiger partial charge on any atom is -0.497 e. The summed E-state index contributed by atoms with van der Waals surface area (Å²) < 4.78 is 6.36. The molecule has 1 aromatic heterocycles. The van der Waals surface area contributed by atoms with E-state index in [4.69, 9.17) is 4.74 Å². The molecule has 1 N–H and O–H groups in total. The molecule has 36 heavy (non-hydrogen) atoms. The van der Waals surface area contributed by atoms with Gasteiger partial charge in [-0.3, -0.25) is 9.59 Å². The molecule has 1 fully saturated rings. The highest BCUT2D eigenvalue weighted by Gasteiger charge is 2.56. The number of para-hydroxylation sites is 1. The highest BCUT2D eigenvalue weighted by atomic mass is 79.9. The first-order valence-corrected chi connectivity index (χ1v) is 12.8. The van der Waals surface area contributed by atoms with Gasteiger partial charge in [0.1, 0.15) is 12.3 Å². The van der Waals surface area contributed by atoms with E-state index in [1.54, 1.807) is 16.9 Å². The maximum Gasteiger partial charge on any atom is 0.255 e. The van der Waals surface area contributed by atoms with Gasteiger partial charge in [-0.1, -0.05) is 58.4 Å². The lowest BCUT2D eigenvalue weighted by Gasteiger charge is -2.51. The highest BCUT2D eigenvalue weighted by Crippen LogP contribution is 2.48. The molecule has 0 aliphatic carbocycles. The van der Waals surface area contributed by atoms with Crippen LogP contribution in [0.25, 0.3) is 10.9 Å². The number of carbonyl (C=O) groups is 2. The fourth-order valence-corrected chi connectivity index (χ4v) is 6.05. The minimum atomic E-state index is -1.12. The van der Waals surface area contributed by atoms with Gasteiger partial charge in [-0.2, -0.15) is 0 Å². The van der Waals surface area contributed by atoms with Gasteiger partial charge in [-0.15, -0.1) is 0 Å². The second-order valence-electron chi connectivity index (χ2n) is 9.65. The maximum absolute atomic E-state index is 14.2. The van der Waals surface area contributed by atoms with E-state index in [9.17, 15) is 9.59 Å². The second-order valence-corrected chi connectivity index (χ2v) is 10.6.